The Labute approximate surface area is 106 Å². The summed E-state index contributed by atoms with van der Waals surface area (Å²) in [5.74, 6) is 0. The van der Waals surface area contributed by atoms with Gasteiger partial charge in [-0.15, -0.1) is 0 Å². The van der Waals surface area contributed by atoms with Gasteiger partial charge in [0, 0.05) is 18.2 Å². The van der Waals surface area contributed by atoms with Crippen LogP contribution in [0.2, 0.25) is 0 Å². The molecule has 0 N–H and O–H groups in total. The van der Waals surface area contributed by atoms with Gasteiger partial charge in [0.05, 0.1) is 12.1 Å². The molecule has 1 rings (SSSR count). The summed E-state index contributed by atoms with van der Waals surface area (Å²) in [6.45, 7) is 5.44. The van der Waals surface area contributed by atoms with E-state index in [9.17, 15) is 0 Å². The van der Waals surface area contributed by atoms with E-state index in [1.807, 2.05) is 43.5 Å². The quantitative estimate of drug-likeness (QED) is 0.580. The molecular formula is C13H18BrNO. The predicted octanol–water partition coefficient (Wildman–Crippen LogP) is 3.30. The van der Waals surface area contributed by atoms with Crippen molar-refractivity contribution < 1.29 is 4.74 Å². The van der Waals surface area contributed by atoms with E-state index in [-0.39, 0.29) is 5.60 Å². The third-order valence-electron chi connectivity index (χ3n) is 2.24. The molecule has 0 bridgehead atoms. The van der Waals surface area contributed by atoms with Gasteiger partial charge in [-0.25, -0.2) is 0 Å². The first-order valence-corrected chi connectivity index (χ1v) is 6.57. The van der Waals surface area contributed by atoms with Crippen molar-refractivity contribution in [2.45, 2.75) is 19.4 Å². The van der Waals surface area contributed by atoms with Gasteiger partial charge in [-0.3, -0.25) is 4.99 Å². The average Bonchev–Trinajstić information content (AvgIpc) is 2.31. The molecule has 0 amide bonds. The molecule has 3 heteroatoms. The van der Waals surface area contributed by atoms with Crippen molar-refractivity contribution in [3.63, 3.8) is 0 Å². The lowest BCUT2D eigenvalue weighted by atomic mass is 10.1. The van der Waals surface area contributed by atoms with Gasteiger partial charge >= 0.3 is 0 Å². The fourth-order valence-corrected chi connectivity index (χ4v) is 1.70. The third-order valence-corrected chi connectivity index (χ3v) is 3.43. The van der Waals surface area contributed by atoms with Crippen LogP contribution in [0.3, 0.4) is 0 Å². The van der Waals surface area contributed by atoms with E-state index in [4.69, 9.17) is 4.74 Å². The van der Waals surface area contributed by atoms with Gasteiger partial charge in [-0.05, 0) is 19.4 Å². The fourth-order valence-electron chi connectivity index (χ4n) is 1.36. The molecule has 1 aromatic rings. The molecule has 0 spiro atoms. The molecule has 16 heavy (non-hydrogen) atoms. The van der Waals surface area contributed by atoms with Crippen LogP contribution in [0.1, 0.15) is 19.4 Å². The van der Waals surface area contributed by atoms with Gasteiger partial charge in [-0.2, -0.15) is 0 Å². The van der Waals surface area contributed by atoms with Crippen LogP contribution in [0.5, 0.6) is 0 Å². The van der Waals surface area contributed by atoms with E-state index in [1.54, 1.807) is 0 Å². The van der Waals surface area contributed by atoms with Crippen LogP contribution in [-0.4, -0.2) is 30.3 Å². The predicted molar refractivity (Wildman–Crippen MR) is 72.7 cm³/mol. The molecule has 0 fully saturated rings. The second-order valence-electron chi connectivity index (χ2n) is 3.90. The lowest BCUT2D eigenvalue weighted by Gasteiger charge is -2.24. The molecule has 0 aliphatic rings. The van der Waals surface area contributed by atoms with Gasteiger partial charge in [-0.1, -0.05) is 46.3 Å². The van der Waals surface area contributed by atoms with E-state index in [0.29, 0.717) is 13.2 Å². The topological polar surface area (TPSA) is 21.6 Å². The second kappa shape index (κ2) is 6.81. The monoisotopic (exact) mass is 283 g/mol. The molecule has 1 unspecified atom stereocenters. The number of alkyl halides is 1. The number of halogens is 1. The Kier molecular flexibility index (Phi) is 5.71. The van der Waals surface area contributed by atoms with Crippen molar-refractivity contribution in [3.05, 3.63) is 35.9 Å². The normalized spacial score (nSPS) is 15.2. The van der Waals surface area contributed by atoms with Gasteiger partial charge < -0.3 is 4.74 Å². The van der Waals surface area contributed by atoms with E-state index in [1.165, 1.54) is 0 Å². The minimum Gasteiger partial charge on any atom is -0.373 e. The van der Waals surface area contributed by atoms with E-state index in [0.717, 1.165) is 10.9 Å². The molecule has 88 valence electrons. The second-order valence-corrected chi connectivity index (χ2v) is 4.46. The van der Waals surface area contributed by atoms with Crippen LogP contribution in [0.4, 0.5) is 0 Å². The minimum absolute atomic E-state index is 0.208. The number of benzene rings is 1. The van der Waals surface area contributed by atoms with Crippen molar-refractivity contribution in [1.82, 2.24) is 0 Å². The molecule has 2 nitrogen and oxygen atoms in total. The third kappa shape index (κ3) is 4.45. The largest absolute Gasteiger partial charge is 0.373 e. The summed E-state index contributed by atoms with van der Waals surface area (Å²) in [6, 6.07) is 10.1. The van der Waals surface area contributed by atoms with Crippen LogP contribution < -0.4 is 0 Å². The van der Waals surface area contributed by atoms with Gasteiger partial charge in [0.2, 0.25) is 0 Å². The minimum atomic E-state index is -0.208. The lowest BCUT2D eigenvalue weighted by Crippen LogP contribution is -2.34. The smallest absolute Gasteiger partial charge is 0.0944 e. The highest BCUT2D eigenvalue weighted by Gasteiger charge is 2.21. The number of aliphatic imine (C=N–C) groups is 1. The standard InChI is InChI=1S/C13H18BrNO/c1-3-16-13(2,10-14)11-15-9-12-7-5-4-6-8-12/h4-9H,3,10-11H2,1-2H3. The van der Waals surface area contributed by atoms with Crippen molar-refractivity contribution in [1.29, 1.82) is 0 Å². The number of hydrogen-bond acceptors (Lipinski definition) is 2. The molecular weight excluding hydrogens is 266 g/mol. The first-order chi connectivity index (χ1) is 7.70. The van der Waals surface area contributed by atoms with Crippen LogP contribution in [-0.2, 0) is 4.74 Å². The molecule has 0 radical (unpaired) electrons. The van der Waals surface area contributed by atoms with Gasteiger partial charge in [0.1, 0.15) is 0 Å². The highest BCUT2D eigenvalue weighted by atomic mass is 79.9. The summed E-state index contributed by atoms with van der Waals surface area (Å²) in [5.41, 5.74) is 0.913. The van der Waals surface area contributed by atoms with Crippen LogP contribution in [0, 0.1) is 0 Å². The first kappa shape index (κ1) is 13.4. The van der Waals surface area contributed by atoms with Gasteiger partial charge in [0.25, 0.3) is 0 Å². The summed E-state index contributed by atoms with van der Waals surface area (Å²) in [5, 5.41) is 0.792. The van der Waals surface area contributed by atoms with Crippen LogP contribution in [0.25, 0.3) is 0 Å². The number of rotatable bonds is 6. The maximum atomic E-state index is 5.66. The lowest BCUT2D eigenvalue weighted by molar-refractivity contribution is 0.00283. The molecule has 0 aromatic heterocycles. The van der Waals surface area contributed by atoms with Crippen molar-refractivity contribution >= 4 is 22.1 Å². The van der Waals surface area contributed by atoms with Gasteiger partial charge in [0.15, 0.2) is 0 Å². The molecule has 1 aromatic carbocycles. The number of nitrogens with zero attached hydrogens (tertiary/aromatic N) is 1. The van der Waals surface area contributed by atoms with Crippen molar-refractivity contribution in [3.8, 4) is 0 Å². The summed E-state index contributed by atoms with van der Waals surface area (Å²) >= 11 is 3.46. The zero-order valence-corrected chi connectivity index (χ0v) is 11.4. The Morgan fingerprint density at radius 1 is 1.38 bits per heavy atom. The van der Waals surface area contributed by atoms with Crippen molar-refractivity contribution in [2.75, 3.05) is 18.5 Å². The maximum Gasteiger partial charge on any atom is 0.0944 e. The Hall–Kier alpha value is -0.670. The highest BCUT2D eigenvalue weighted by molar-refractivity contribution is 9.09. The molecule has 0 aliphatic carbocycles. The van der Waals surface area contributed by atoms with Crippen LogP contribution >= 0.6 is 15.9 Å². The van der Waals surface area contributed by atoms with Crippen molar-refractivity contribution in [2.24, 2.45) is 4.99 Å². The fraction of sp³-hybridized carbons (Fsp3) is 0.462. The van der Waals surface area contributed by atoms with E-state index >= 15 is 0 Å². The zero-order valence-electron chi connectivity index (χ0n) is 9.82. The highest BCUT2D eigenvalue weighted by Crippen LogP contribution is 2.14. The summed E-state index contributed by atoms with van der Waals surface area (Å²) < 4.78 is 5.66. The summed E-state index contributed by atoms with van der Waals surface area (Å²) in [4.78, 5) is 4.42. The molecule has 0 heterocycles. The average molecular weight is 284 g/mol. The van der Waals surface area contributed by atoms with E-state index in [2.05, 4.69) is 27.8 Å². The number of ether oxygens (including phenoxy) is 1. The molecule has 0 saturated carbocycles. The molecule has 1 atom stereocenters. The van der Waals surface area contributed by atoms with Crippen LogP contribution in [0.15, 0.2) is 35.3 Å². The SMILES string of the molecule is CCOC(C)(CBr)CN=Cc1ccccc1. The number of hydrogen-bond donors (Lipinski definition) is 0. The zero-order chi connectivity index (χ0) is 11.9. The van der Waals surface area contributed by atoms with E-state index < -0.39 is 0 Å². The Morgan fingerprint density at radius 2 is 2.06 bits per heavy atom. The summed E-state index contributed by atoms with van der Waals surface area (Å²) in [7, 11) is 0. The molecule has 0 aliphatic heterocycles. The molecule has 0 saturated heterocycles. The Balaban J connectivity index is 2.52. The Morgan fingerprint density at radius 3 is 2.62 bits per heavy atom. The summed E-state index contributed by atoms with van der Waals surface area (Å²) in [6.07, 6.45) is 1.89. The first-order valence-electron chi connectivity index (χ1n) is 5.45. The Bertz CT molecular complexity index is 326. The maximum absolute atomic E-state index is 5.66.